The van der Waals surface area contributed by atoms with Gasteiger partial charge in [0.25, 0.3) is 5.91 Å². The van der Waals surface area contributed by atoms with Crippen molar-refractivity contribution in [1.29, 1.82) is 0 Å². The Balaban J connectivity index is 1.98. The standard InChI is InChI=1S/C15H9ClF3NO3/c16-9-6-8(17)4-5-12(9)20-13(21)7-23-15(22)14-10(18)2-1-3-11(14)19/h1-6H,7H2,(H,20,21). The van der Waals surface area contributed by atoms with E-state index in [1.165, 1.54) is 6.07 Å². The number of nitrogens with one attached hydrogen (secondary N) is 1. The highest BCUT2D eigenvalue weighted by Gasteiger charge is 2.19. The summed E-state index contributed by atoms with van der Waals surface area (Å²) in [5, 5.41) is 2.22. The van der Waals surface area contributed by atoms with Gasteiger partial charge < -0.3 is 10.1 Å². The molecule has 0 unspecified atom stereocenters. The van der Waals surface area contributed by atoms with E-state index >= 15 is 0 Å². The third-order valence-corrected chi connectivity index (χ3v) is 3.02. The average molecular weight is 344 g/mol. The molecule has 0 saturated carbocycles. The summed E-state index contributed by atoms with van der Waals surface area (Å²) in [6.45, 7) is -0.791. The first-order valence-corrected chi connectivity index (χ1v) is 6.62. The maximum Gasteiger partial charge on any atom is 0.344 e. The number of hydrogen-bond acceptors (Lipinski definition) is 3. The largest absolute Gasteiger partial charge is 0.452 e. The van der Waals surface area contributed by atoms with Crippen molar-refractivity contribution in [3.63, 3.8) is 0 Å². The SMILES string of the molecule is O=C(COC(=O)c1c(F)cccc1F)Nc1ccc(F)cc1Cl. The minimum Gasteiger partial charge on any atom is -0.452 e. The summed E-state index contributed by atoms with van der Waals surface area (Å²) in [6.07, 6.45) is 0. The lowest BCUT2D eigenvalue weighted by atomic mass is 10.2. The zero-order chi connectivity index (χ0) is 17.0. The fourth-order valence-electron chi connectivity index (χ4n) is 1.67. The fraction of sp³-hybridized carbons (Fsp3) is 0.0667. The number of carbonyl (C=O) groups is 2. The smallest absolute Gasteiger partial charge is 0.344 e. The molecule has 0 fully saturated rings. The second kappa shape index (κ2) is 7.15. The van der Waals surface area contributed by atoms with Gasteiger partial charge in [0.05, 0.1) is 10.7 Å². The molecule has 2 aromatic carbocycles. The third kappa shape index (κ3) is 4.23. The number of halogens is 4. The Morgan fingerprint density at radius 3 is 2.35 bits per heavy atom. The molecule has 23 heavy (non-hydrogen) atoms. The van der Waals surface area contributed by atoms with Crippen LogP contribution in [-0.4, -0.2) is 18.5 Å². The van der Waals surface area contributed by atoms with E-state index in [4.69, 9.17) is 11.6 Å². The predicted molar refractivity (Wildman–Crippen MR) is 76.7 cm³/mol. The summed E-state index contributed by atoms with van der Waals surface area (Å²) < 4.78 is 44.1. The van der Waals surface area contributed by atoms with E-state index in [0.717, 1.165) is 30.3 Å². The number of carbonyl (C=O) groups excluding carboxylic acids is 2. The summed E-state index contributed by atoms with van der Waals surface area (Å²) >= 11 is 5.71. The number of esters is 1. The number of hydrogen-bond donors (Lipinski definition) is 1. The van der Waals surface area contributed by atoms with Gasteiger partial charge in [0.2, 0.25) is 0 Å². The van der Waals surface area contributed by atoms with Gasteiger partial charge in [-0.15, -0.1) is 0 Å². The number of amides is 1. The Morgan fingerprint density at radius 2 is 1.74 bits per heavy atom. The van der Waals surface area contributed by atoms with Crippen molar-refractivity contribution in [1.82, 2.24) is 0 Å². The molecule has 0 aromatic heterocycles. The van der Waals surface area contributed by atoms with Crippen LogP contribution in [-0.2, 0) is 9.53 Å². The van der Waals surface area contributed by atoms with Crippen LogP contribution in [0.5, 0.6) is 0 Å². The second-order valence-electron chi connectivity index (χ2n) is 4.35. The van der Waals surface area contributed by atoms with Crippen molar-refractivity contribution < 1.29 is 27.5 Å². The predicted octanol–water partition coefficient (Wildman–Crippen LogP) is 3.55. The molecule has 0 spiro atoms. The summed E-state index contributed by atoms with van der Waals surface area (Å²) in [5.41, 5.74) is -0.786. The molecule has 0 radical (unpaired) electrons. The van der Waals surface area contributed by atoms with Crippen LogP contribution in [0.3, 0.4) is 0 Å². The van der Waals surface area contributed by atoms with E-state index in [1.807, 2.05) is 0 Å². The lowest BCUT2D eigenvalue weighted by molar-refractivity contribution is -0.119. The van der Waals surface area contributed by atoms with Gasteiger partial charge in [0.15, 0.2) is 6.61 Å². The lowest BCUT2D eigenvalue weighted by Gasteiger charge is -2.08. The van der Waals surface area contributed by atoms with Crippen molar-refractivity contribution in [2.45, 2.75) is 0 Å². The first kappa shape index (κ1) is 16.8. The van der Waals surface area contributed by atoms with Gasteiger partial charge in [-0.25, -0.2) is 18.0 Å². The molecule has 0 saturated heterocycles. The highest BCUT2D eigenvalue weighted by Crippen LogP contribution is 2.22. The van der Waals surface area contributed by atoms with E-state index < -0.39 is 41.5 Å². The van der Waals surface area contributed by atoms with Gasteiger partial charge >= 0.3 is 5.97 Å². The Bertz CT molecular complexity index is 747. The molecule has 0 aliphatic rings. The topological polar surface area (TPSA) is 55.4 Å². The molecule has 1 amide bonds. The number of ether oxygens (including phenoxy) is 1. The van der Waals surface area contributed by atoms with E-state index in [2.05, 4.69) is 10.1 Å². The van der Waals surface area contributed by atoms with Crippen LogP contribution in [0, 0.1) is 17.5 Å². The van der Waals surface area contributed by atoms with Crippen molar-refractivity contribution in [2.75, 3.05) is 11.9 Å². The second-order valence-corrected chi connectivity index (χ2v) is 4.75. The van der Waals surface area contributed by atoms with E-state index in [0.29, 0.717) is 0 Å². The summed E-state index contributed by atoms with van der Waals surface area (Å²) in [5.74, 6) is -4.91. The van der Waals surface area contributed by atoms with Crippen molar-refractivity contribution >= 4 is 29.2 Å². The van der Waals surface area contributed by atoms with Gasteiger partial charge in [0.1, 0.15) is 23.0 Å². The van der Waals surface area contributed by atoms with Crippen molar-refractivity contribution in [3.05, 3.63) is 64.4 Å². The minimum atomic E-state index is -1.32. The average Bonchev–Trinajstić information content (AvgIpc) is 2.48. The first-order chi connectivity index (χ1) is 10.9. The fourth-order valence-corrected chi connectivity index (χ4v) is 1.89. The van der Waals surface area contributed by atoms with Gasteiger partial charge in [-0.2, -0.15) is 0 Å². The molecular formula is C15H9ClF3NO3. The molecule has 0 bridgehead atoms. The molecule has 120 valence electrons. The molecule has 0 aliphatic carbocycles. The summed E-state index contributed by atoms with van der Waals surface area (Å²) in [4.78, 5) is 23.2. The van der Waals surface area contributed by atoms with Gasteiger partial charge in [-0.05, 0) is 30.3 Å². The number of benzene rings is 2. The van der Waals surface area contributed by atoms with Gasteiger partial charge in [0, 0.05) is 0 Å². The van der Waals surface area contributed by atoms with E-state index in [1.54, 1.807) is 0 Å². The molecule has 2 aromatic rings. The zero-order valence-electron chi connectivity index (χ0n) is 11.4. The van der Waals surface area contributed by atoms with E-state index in [-0.39, 0.29) is 10.7 Å². The van der Waals surface area contributed by atoms with Crippen molar-refractivity contribution in [2.24, 2.45) is 0 Å². The quantitative estimate of drug-likeness (QED) is 0.864. The Kier molecular flexibility index (Phi) is 5.23. The van der Waals surface area contributed by atoms with Crippen LogP contribution in [0.15, 0.2) is 36.4 Å². The van der Waals surface area contributed by atoms with Crippen LogP contribution in [0.1, 0.15) is 10.4 Å². The van der Waals surface area contributed by atoms with Gasteiger partial charge in [-0.1, -0.05) is 17.7 Å². The number of anilines is 1. The van der Waals surface area contributed by atoms with Crippen LogP contribution in [0.25, 0.3) is 0 Å². The first-order valence-electron chi connectivity index (χ1n) is 6.24. The summed E-state index contributed by atoms with van der Waals surface area (Å²) in [6, 6.07) is 6.13. The third-order valence-electron chi connectivity index (χ3n) is 2.71. The molecular weight excluding hydrogens is 335 g/mol. The Hall–Kier alpha value is -2.54. The minimum absolute atomic E-state index is 0.0511. The normalized spacial score (nSPS) is 10.3. The monoisotopic (exact) mass is 343 g/mol. The van der Waals surface area contributed by atoms with Gasteiger partial charge in [-0.3, -0.25) is 4.79 Å². The highest BCUT2D eigenvalue weighted by molar-refractivity contribution is 6.33. The molecule has 4 nitrogen and oxygen atoms in total. The zero-order valence-corrected chi connectivity index (χ0v) is 12.2. The Morgan fingerprint density at radius 1 is 1.09 bits per heavy atom. The van der Waals surface area contributed by atoms with Crippen molar-refractivity contribution in [3.8, 4) is 0 Å². The van der Waals surface area contributed by atoms with Crippen LogP contribution in [0.4, 0.5) is 18.9 Å². The summed E-state index contributed by atoms with van der Waals surface area (Å²) in [7, 11) is 0. The molecule has 2 rings (SSSR count). The van der Waals surface area contributed by atoms with Crippen LogP contribution < -0.4 is 5.32 Å². The maximum absolute atomic E-state index is 13.4. The molecule has 0 atom stereocenters. The molecule has 0 aliphatic heterocycles. The highest BCUT2D eigenvalue weighted by atomic mass is 35.5. The number of rotatable bonds is 4. The molecule has 8 heteroatoms. The molecule has 1 N–H and O–H groups in total. The van der Waals surface area contributed by atoms with Crippen LogP contribution in [0.2, 0.25) is 5.02 Å². The van der Waals surface area contributed by atoms with E-state index in [9.17, 15) is 22.8 Å². The Labute approximate surface area is 133 Å². The lowest BCUT2D eigenvalue weighted by Crippen LogP contribution is -2.22. The van der Waals surface area contributed by atoms with Crippen LogP contribution >= 0.6 is 11.6 Å². The molecule has 0 heterocycles. The maximum atomic E-state index is 13.4.